The summed E-state index contributed by atoms with van der Waals surface area (Å²) in [5, 5.41) is 17.5. The Balaban J connectivity index is 1.28. The highest BCUT2D eigenvalue weighted by Crippen LogP contribution is 2.45. The normalized spacial score (nSPS) is 12.3. The van der Waals surface area contributed by atoms with Gasteiger partial charge in [-0.2, -0.15) is 0 Å². The number of benzene rings is 10. The molecule has 0 saturated carbocycles. The molecule has 0 radical (unpaired) electrons. The van der Waals surface area contributed by atoms with Gasteiger partial charge in [0.2, 0.25) is 0 Å². The van der Waals surface area contributed by atoms with Crippen molar-refractivity contribution in [1.82, 2.24) is 0 Å². The van der Waals surface area contributed by atoms with Crippen LogP contribution in [0.15, 0.2) is 162 Å². The van der Waals surface area contributed by atoms with Crippen LogP contribution in [0.25, 0.3) is 109 Å². The van der Waals surface area contributed by atoms with Crippen LogP contribution in [-0.4, -0.2) is 0 Å². The molecule has 0 aliphatic carbocycles. The van der Waals surface area contributed by atoms with Crippen LogP contribution in [0.1, 0.15) is 0 Å². The topological polar surface area (TPSA) is 13.1 Å². The highest BCUT2D eigenvalue weighted by Gasteiger charge is 2.20. The maximum atomic E-state index is 6.85. The zero-order valence-corrected chi connectivity index (χ0v) is 25.4. The van der Waals surface area contributed by atoms with Crippen LogP contribution in [0, 0.1) is 0 Å². The molecule has 0 N–H and O–H groups in total. The summed E-state index contributed by atoms with van der Waals surface area (Å²) in [5.41, 5.74) is 6.57. The molecule has 10 aromatic carbocycles. The fraction of sp³-hybridized carbons (Fsp3) is 0. The number of hydrogen-bond acceptors (Lipinski definition) is 1. The lowest BCUT2D eigenvalue weighted by Gasteiger charge is -2.16. The first kappa shape index (κ1) is 25.1. The minimum atomic E-state index is 0.915. The molecule has 0 bridgehead atoms. The molecule has 216 valence electrons. The summed E-state index contributed by atoms with van der Waals surface area (Å²) in [6.45, 7) is 0. The molecular weight excluding hydrogens is 569 g/mol. The van der Waals surface area contributed by atoms with Crippen molar-refractivity contribution in [2.24, 2.45) is 0 Å². The van der Waals surface area contributed by atoms with Crippen molar-refractivity contribution in [3.05, 3.63) is 158 Å². The van der Waals surface area contributed by atoms with Crippen LogP contribution < -0.4 is 0 Å². The van der Waals surface area contributed by atoms with Gasteiger partial charge in [-0.25, -0.2) is 0 Å². The van der Waals surface area contributed by atoms with Gasteiger partial charge < -0.3 is 4.42 Å². The summed E-state index contributed by atoms with van der Waals surface area (Å²) in [6.07, 6.45) is 0. The molecule has 1 nitrogen and oxygen atoms in total. The molecule has 0 saturated heterocycles. The fourth-order valence-electron chi connectivity index (χ4n) is 8.18. The van der Waals surface area contributed by atoms with Crippen molar-refractivity contribution in [2.45, 2.75) is 0 Å². The SMILES string of the molecule is c1ccc2cc3c(cc2c1)oc1c(-c2cccc4c2ccc2ccccc24)cc(-c2ccc4ccc5cccc6ccc2c4c56)cc13. The molecule has 1 heterocycles. The monoisotopic (exact) mass is 594 g/mol. The van der Waals surface area contributed by atoms with E-state index in [0.717, 1.165) is 27.5 Å². The Morgan fingerprint density at radius 3 is 1.81 bits per heavy atom. The van der Waals surface area contributed by atoms with Crippen LogP contribution in [0.4, 0.5) is 0 Å². The Bertz CT molecular complexity index is 3050. The molecule has 0 aliphatic heterocycles. The van der Waals surface area contributed by atoms with E-state index in [1.807, 2.05) is 0 Å². The third-order valence-corrected chi connectivity index (χ3v) is 10.4. The quantitative estimate of drug-likeness (QED) is 0.182. The van der Waals surface area contributed by atoms with E-state index in [1.54, 1.807) is 0 Å². The molecule has 0 amide bonds. The molecule has 47 heavy (non-hydrogen) atoms. The van der Waals surface area contributed by atoms with Gasteiger partial charge in [0.05, 0.1) is 0 Å². The maximum Gasteiger partial charge on any atom is 0.143 e. The first-order chi connectivity index (χ1) is 23.3. The van der Waals surface area contributed by atoms with Gasteiger partial charge in [0.15, 0.2) is 0 Å². The van der Waals surface area contributed by atoms with Gasteiger partial charge in [-0.1, -0.05) is 133 Å². The van der Waals surface area contributed by atoms with Crippen molar-refractivity contribution in [3.8, 4) is 22.3 Å². The maximum absolute atomic E-state index is 6.85. The van der Waals surface area contributed by atoms with E-state index < -0.39 is 0 Å². The minimum Gasteiger partial charge on any atom is -0.455 e. The van der Waals surface area contributed by atoms with Gasteiger partial charge in [-0.3, -0.25) is 0 Å². The Kier molecular flexibility index (Phi) is 4.90. The van der Waals surface area contributed by atoms with Gasteiger partial charge >= 0.3 is 0 Å². The van der Waals surface area contributed by atoms with Gasteiger partial charge in [0.25, 0.3) is 0 Å². The number of hydrogen-bond donors (Lipinski definition) is 0. The first-order valence-electron chi connectivity index (χ1n) is 16.3. The van der Waals surface area contributed by atoms with Crippen molar-refractivity contribution in [2.75, 3.05) is 0 Å². The number of fused-ring (bicyclic) bond motifs is 7. The number of furan rings is 1. The van der Waals surface area contributed by atoms with Crippen molar-refractivity contribution in [1.29, 1.82) is 0 Å². The van der Waals surface area contributed by atoms with E-state index in [9.17, 15) is 0 Å². The van der Waals surface area contributed by atoms with E-state index >= 15 is 0 Å². The summed E-state index contributed by atoms with van der Waals surface area (Å²) >= 11 is 0. The fourth-order valence-corrected chi connectivity index (χ4v) is 8.18. The second-order valence-electron chi connectivity index (χ2n) is 12.9. The van der Waals surface area contributed by atoms with Crippen molar-refractivity contribution < 1.29 is 4.42 Å². The summed E-state index contributed by atoms with van der Waals surface area (Å²) < 4.78 is 6.85. The van der Waals surface area contributed by atoms with E-state index in [2.05, 4.69) is 158 Å². The zero-order chi connectivity index (χ0) is 30.6. The smallest absolute Gasteiger partial charge is 0.143 e. The molecule has 0 fully saturated rings. The van der Waals surface area contributed by atoms with Crippen molar-refractivity contribution >= 4 is 86.6 Å². The lowest BCUT2D eigenvalue weighted by molar-refractivity contribution is 0.670. The molecule has 1 aromatic heterocycles. The van der Waals surface area contributed by atoms with Gasteiger partial charge in [-0.05, 0) is 106 Å². The Morgan fingerprint density at radius 1 is 0.298 bits per heavy atom. The molecule has 0 aliphatic rings. The lowest BCUT2D eigenvalue weighted by Crippen LogP contribution is -1.89. The third kappa shape index (κ3) is 3.49. The highest BCUT2D eigenvalue weighted by atomic mass is 16.3. The predicted octanol–water partition coefficient (Wildman–Crippen LogP) is 13.3. The second kappa shape index (κ2) is 9.19. The Morgan fingerprint density at radius 2 is 0.936 bits per heavy atom. The first-order valence-corrected chi connectivity index (χ1v) is 16.3. The van der Waals surface area contributed by atoms with E-state index in [4.69, 9.17) is 4.42 Å². The van der Waals surface area contributed by atoms with Gasteiger partial charge in [0.1, 0.15) is 11.2 Å². The average molecular weight is 595 g/mol. The van der Waals surface area contributed by atoms with Crippen LogP contribution in [0.5, 0.6) is 0 Å². The zero-order valence-electron chi connectivity index (χ0n) is 25.4. The van der Waals surface area contributed by atoms with Crippen LogP contribution >= 0.6 is 0 Å². The summed E-state index contributed by atoms with van der Waals surface area (Å²) in [7, 11) is 0. The molecule has 0 spiro atoms. The minimum absolute atomic E-state index is 0.915. The Hall–Kier alpha value is -6.18. The van der Waals surface area contributed by atoms with E-state index in [0.29, 0.717) is 0 Å². The van der Waals surface area contributed by atoms with Crippen LogP contribution in [0.3, 0.4) is 0 Å². The van der Waals surface area contributed by atoms with Gasteiger partial charge in [0, 0.05) is 16.3 Å². The standard InChI is InChI=1S/C46H26O/c1-2-9-32-26-43-40(23-31(32)8-1)42-25-33(35-20-18-30-16-15-28-10-5-11-29-19-22-39(35)45(30)44(28)29)24-41(46(42)47-43)37-14-6-13-36-34-12-4-3-7-27(34)17-21-38(36)37/h1-26H. The molecule has 11 rings (SSSR count). The molecule has 11 aromatic rings. The molecule has 1 heteroatoms. The van der Waals surface area contributed by atoms with Crippen LogP contribution in [0.2, 0.25) is 0 Å². The van der Waals surface area contributed by atoms with Crippen LogP contribution in [-0.2, 0) is 0 Å². The largest absolute Gasteiger partial charge is 0.455 e. The Labute approximate surface area is 270 Å². The summed E-state index contributed by atoms with van der Waals surface area (Å²) in [5.74, 6) is 0. The second-order valence-corrected chi connectivity index (χ2v) is 12.9. The summed E-state index contributed by atoms with van der Waals surface area (Å²) in [6, 6.07) is 57.9. The van der Waals surface area contributed by atoms with E-state index in [1.165, 1.54) is 81.3 Å². The third-order valence-electron chi connectivity index (χ3n) is 10.4. The van der Waals surface area contributed by atoms with E-state index in [-0.39, 0.29) is 0 Å². The lowest BCUT2D eigenvalue weighted by atomic mass is 9.87. The van der Waals surface area contributed by atoms with Crippen molar-refractivity contribution in [3.63, 3.8) is 0 Å². The predicted molar refractivity (Wildman–Crippen MR) is 201 cm³/mol. The number of rotatable bonds is 2. The molecule has 0 atom stereocenters. The molecular formula is C46H26O. The summed E-state index contributed by atoms with van der Waals surface area (Å²) in [4.78, 5) is 0. The molecule has 0 unspecified atom stereocenters. The highest BCUT2D eigenvalue weighted by molar-refractivity contribution is 6.26. The average Bonchev–Trinajstić information content (AvgIpc) is 3.49. The van der Waals surface area contributed by atoms with Gasteiger partial charge in [-0.15, -0.1) is 0 Å².